The molecule has 0 aliphatic carbocycles. The molecule has 4 nitrogen and oxygen atoms in total. The van der Waals surface area contributed by atoms with Crippen LogP contribution in [0.15, 0.2) is 65.3 Å². The van der Waals surface area contributed by atoms with Crippen LogP contribution in [0.5, 0.6) is 5.75 Å². The Morgan fingerprint density at radius 1 is 1.11 bits per heavy atom. The Morgan fingerprint density at radius 3 is 2.67 bits per heavy atom. The standard InChI is InChI=1S/C20H18Cl2N2O2S/c1-25-17-5-2-4-16(11-17)23-20(27)24(13-18-6-3-9-26-18)12-14-7-8-15(21)10-19(14)22/h2-11H,12-13H2,1H3,(H,23,27). The first-order chi connectivity index (χ1) is 13.0. The van der Waals surface area contributed by atoms with Gasteiger partial charge in [-0.1, -0.05) is 35.3 Å². The van der Waals surface area contributed by atoms with Crippen LogP contribution in [0.25, 0.3) is 0 Å². The van der Waals surface area contributed by atoms with Gasteiger partial charge < -0.3 is 19.4 Å². The fourth-order valence-corrected chi connectivity index (χ4v) is 3.26. The lowest BCUT2D eigenvalue weighted by atomic mass is 10.2. The molecule has 7 heteroatoms. The summed E-state index contributed by atoms with van der Waals surface area (Å²) in [6.07, 6.45) is 1.64. The van der Waals surface area contributed by atoms with E-state index in [4.69, 9.17) is 44.6 Å². The summed E-state index contributed by atoms with van der Waals surface area (Å²) in [5.74, 6) is 1.55. The van der Waals surface area contributed by atoms with Crippen LogP contribution in [-0.4, -0.2) is 17.1 Å². The fraction of sp³-hybridized carbons (Fsp3) is 0.150. The number of furan rings is 1. The third-order valence-electron chi connectivity index (χ3n) is 3.91. The number of hydrogen-bond acceptors (Lipinski definition) is 3. The monoisotopic (exact) mass is 420 g/mol. The van der Waals surface area contributed by atoms with Gasteiger partial charge in [0.25, 0.3) is 0 Å². The normalized spacial score (nSPS) is 10.5. The number of rotatable bonds is 6. The van der Waals surface area contributed by atoms with Crippen molar-refractivity contribution < 1.29 is 9.15 Å². The summed E-state index contributed by atoms with van der Waals surface area (Å²) in [6.45, 7) is 1.01. The topological polar surface area (TPSA) is 37.6 Å². The molecule has 0 radical (unpaired) electrons. The highest BCUT2D eigenvalue weighted by atomic mass is 35.5. The van der Waals surface area contributed by atoms with Crippen LogP contribution in [0.4, 0.5) is 5.69 Å². The average Bonchev–Trinajstić information content (AvgIpc) is 3.16. The molecule has 140 valence electrons. The van der Waals surface area contributed by atoms with Gasteiger partial charge in [-0.2, -0.15) is 0 Å². The Morgan fingerprint density at radius 2 is 1.96 bits per heavy atom. The molecule has 0 bridgehead atoms. The van der Waals surface area contributed by atoms with E-state index in [1.54, 1.807) is 19.4 Å². The molecular formula is C20H18Cl2N2O2S. The summed E-state index contributed by atoms with van der Waals surface area (Å²) >= 11 is 18.0. The van der Waals surface area contributed by atoms with Gasteiger partial charge in [0.2, 0.25) is 0 Å². The largest absolute Gasteiger partial charge is 0.497 e. The van der Waals surface area contributed by atoms with Gasteiger partial charge in [0.1, 0.15) is 11.5 Å². The van der Waals surface area contributed by atoms with Crippen LogP contribution >= 0.6 is 35.4 Å². The molecule has 2 aromatic carbocycles. The van der Waals surface area contributed by atoms with Crippen LogP contribution in [0.1, 0.15) is 11.3 Å². The van der Waals surface area contributed by atoms with Crippen molar-refractivity contribution in [3.63, 3.8) is 0 Å². The molecule has 0 fully saturated rings. The first kappa shape index (κ1) is 19.5. The van der Waals surface area contributed by atoms with Gasteiger partial charge in [0.05, 0.1) is 19.9 Å². The zero-order chi connectivity index (χ0) is 19.2. The van der Waals surface area contributed by atoms with Crippen molar-refractivity contribution in [2.75, 3.05) is 12.4 Å². The van der Waals surface area contributed by atoms with Gasteiger partial charge in [0.15, 0.2) is 5.11 Å². The lowest BCUT2D eigenvalue weighted by Crippen LogP contribution is -2.33. The highest BCUT2D eigenvalue weighted by molar-refractivity contribution is 7.80. The second-order valence-corrected chi connectivity index (χ2v) is 7.06. The number of nitrogens with zero attached hydrogens (tertiary/aromatic N) is 1. The number of anilines is 1. The van der Waals surface area contributed by atoms with Crippen molar-refractivity contribution in [3.8, 4) is 5.75 Å². The summed E-state index contributed by atoms with van der Waals surface area (Å²) in [6, 6.07) is 16.8. The van der Waals surface area contributed by atoms with E-state index < -0.39 is 0 Å². The average molecular weight is 421 g/mol. The molecule has 3 rings (SSSR count). The molecule has 0 aliphatic heterocycles. The number of thiocarbonyl (C=S) groups is 1. The van der Waals surface area contributed by atoms with E-state index in [2.05, 4.69) is 5.32 Å². The summed E-state index contributed by atoms with van der Waals surface area (Å²) in [4.78, 5) is 1.97. The smallest absolute Gasteiger partial charge is 0.174 e. The number of nitrogens with one attached hydrogen (secondary N) is 1. The molecule has 1 aromatic heterocycles. The number of hydrogen-bond donors (Lipinski definition) is 1. The lowest BCUT2D eigenvalue weighted by Gasteiger charge is -2.26. The highest BCUT2D eigenvalue weighted by Crippen LogP contribution is 2.24. The van der Waals surface area contributed by atoms with E-state index in [1.165, 1.54) is 0 Å². The maximum atomic E-state index is 6.35. The zero-order valence-corrected chi connectivity index (χ0v) is 16.9. The Labute approximate surface area is 173 Å². The Kier molecular flexibility index (Phi) is 6.61. The minimum atomic E-state index is 0.502. The Hall–Kier alpha value is -2.21. The van der Waals surface area contributed by atoms with Gasteiger partial charge in [-0.05, 0) is 54.2 Å². The molecule has 27 heavy (non-hydrogen) atoms. The molecule has 0 aliphatic rings. The fourth-order valence-electron chi connectivity index (χ4n) is 2.55. The highest BCUT2D eigenvalue weighted by Gasteiger charge is 2.15. The molecule has 0 spiro atoms. The van der Waals surface area contributed by atoms with E-state index in [0.29, 0.717) is 28.2 Å². The van der Waals surface area contributed by atoms with Gasteiger partial charge >= 0.3 is 0 Å². The van der Waals surface area contributed by atoms with E-state index in [-0.39, 0.29) is 0 Å². The third-order valence-corrected chi connectivity index (χ3v) is 4.86. The van der Waals surface area contributed by atoms with Gasteiger partial charge in [0, 0.05) is 28.3 Å². The molecule has 0 atom stereocenters. The van der Waals surface area contributed by atoms with E-state index in [0.717, 1.165) is 22.8 Å². The first-order valence-corrected chi connectivity index (χ1v) is 9.38. The minimum absolute atomic E-state index is 0.502. The predicted octanol–water partition coefficient (Wildman–Crippen LogP) is 5.99. The van der Waals surface area contributed by atoms with Crippen LogP contribution in [-0.2, 0) is 13.1 Å². The Bertz CT molecular complexity index is 916. The van der Waals surface area contributed by atoms with E-state index in [1.807, 2.05) is 53.4 Å². The number of halogens is 2. The molecule has 0 amide bonds. The van der Waals surface area contributed by atoms with Crippen LogP contribution < -0.4 is 10.1 Å². The summed E-state index contributed by atoms with van der Waals surface area (Å²) in [5, 5.41) is 4.98. The van der Waals surface area contributed by atoms with Crippen LogP contribution in [0, 0.1) is 0 Å². The second kappa shape index (κ2) is 9.13. The number of methoxy groups -OCH3 is 1. The SMILES string of the molecule is COc1cccc(NC(=S)N(Cc2ccco2)Cc2ccc(Cl)cc2Cl)c1. The summed E-state index contributed by atoms with van der Waals surface area (Å²) in [5.41, 5.74) is 1.76. The van der Waals surface area contributed by atoms with Crippen molar-refractivity contribution in [1.29, 1.82) is 0 Å². The van der Waals surface area contributed by atoms with E-state index >= 15 is 0 Å². The second-order valence-electron chi connectivity index (χ2n) is 5.83. The summed E-state index contributed by atoms with van der Waals surface area (Å²) < 4.78 is 10.7. The third kappa shape index (κ3) is 5.39. The molecule has 3 aromatic rings. The van der Waals surface area contributed by atoms with Gasteiger partial charge in [-0.15, -0.1) is 0 Å². The lowest BCUT2D eigenvalue weighted by molar-refractivity contribution is 0.360. The Balaban J connectivity index is 1.80. The first-order valence-electron chi connectivity index (χ1n) is 8.21. The number of benzene rings is 2. The predicted molar refractivity (Wildman–Crippen MR) is 114 cm³/mol. The van der Waals surface area contributed by atoms with Crippen molar-refractivity contribution in [2.24, 2.45) is 0 Å². The van der Waals surface area contributed by atoms with Crippen molar-refractivity contribution in [3.05, 3.63) is 82.2 Å². The maximum Gasteiger partial charge on any atom is 0.174 e. The molecule has 1 N–H and O–H groups in total. The van der Waals surface area contributed by atoms with Crippen molar-refractivity contribution in [1.82, 2.24) is 4.90 Å². The maximum absolute atomic E-state index is 6.35. The quantitative estimate of drug-likeness (QED) is 0.495. The molecule has 0 unspecified atom stereocenters. The minimum Gasteiger partial charge on any atom is -0.497 e. The van der Waals surface area contributed by atoms with Crippen molar-refractivity contribution in [2.45, 2.75) is 13.1 Å². The van der Waals surface area contributed by atoms with Crippen LogP contribution in [0.2, 0.25) is 10.0 Å². The number of ether oxygens (including phenoxy) is 1. The summed E-state index contributed by atoms with van der Waals surface area (Å²) in [7, 11) is 1.63. The zero-order valence-electron chi connectivity index (χ0n) is 14.6. The van der Waals surface area contributed by atoms with Gasteiger partial charge in [-0.25, -0.2) is 0 Å². The molecule has 0 saturated carbocycles. The molecule has 1 heterocycles. The van der Waals surface area contributed by atoms with Crippen molar-refractivity contribution >= 4 is 46.2 Å². The van der Waals surface area contributed by atoms with Crippen LogP contribution in [0.3, 0.4) is 0 Å². The van der Waals surface area contributed by atoms with E-state index in [9.17, 15) is 0 Å². The van der Waals surface area contributed by atoms with Gasteiger partial charge in [-0.3, -0.25) is 0 Å². The molecular weight excluding hydrogens is 403 g/mol. The molecule has 0 saturated heterocycles.